The molecule has 0 radical (unpaired) electrons. The molecular weight excluding hydrogens is 463 g/mol. The van der Waals surface area contributed by atoms with Crippen molar-refractivity contribution in [3.8, 4) is 23.5 Å². The number of nitrogens with zero attached hydrogens (tertiary/aromatic N) is 2. The Labute approximate surface area is 206 Å². The first-order chi connectivity index (χ1) is 16.9. The summed E-state index contributed by atoms with van der Waals surface area (Å²) in [5.41, 5.74) is 1.05. The Morgan fingerprint density at radius 1 is 1.00 bits per heavy atom. The van der Waals surface area contributed by atoms with Gasteiger partial charge in [-0.15, -0.1) is 11.8 Å². The Hall–Kier alpha value is -3.47. The van der Waals surface area contributed by atoms with Gasteiger partial charge in [-0.1, -0.05) is 24.3 Å². The first kappa shape index (κ1) is 22.0. The number of aromatic hydroxyl groups is 2. The van der Waals surface area contributed by atoms with E-state index in [0.717, 1.165) is 28.5 Å². The lowest BCUT2D eigenvalue weighted by molar-refractivity contribution is -0.0803. The fourth-order valence-electron chi connectivity index (χ4n) is 5.78. The molecule has 0 amide bonds. The molecule has 2 aliphatic rings. The monoisotopic (exact) mass is 486 g/mol. The third-order valence-corrected chi connectivity index (χ3v) is 8.40. The first-order valence-electron chi connectivity index (χ1n) is 11.6. The largest absolute Gasteiger partial charge is 0.494 e. The van der Waals surface area contributed by atoms with Crippen LogP contribution in [-0.4, -0.2) is 20.5 Å². The van der Waals surface area contributed by atoms with Gasteiger partial charge in [-0.25, -0.2) is 4.39 Å². The minimum Gasteiger partial charge on any atom is -0.494 e. The standard InChI is InChI=1S/C28H23FN2O3S/c1-27-12-13-28(34-27,14-15-35-19-9-7-18(29)8-10-19)24-23(27)25(32)31(26(24)33)22-11-6-17(16-30)20-4-2-3-5-21(20)22/h2-11,32-33H,12-15H2,1H3/t27-,28-/m1/s1. The van der Waals surface area contributed by atoms with Crippen LogP contribution in [0.4, 0.5) is 4.39 Å². The number of halogens is 1. The highest BCUT2D eigenvalue weighted by molar-refractivity contribution is 7.99. The molecule has 1 fully saturated rings. The van der Waals surface area contributed by atoms with Crippen LogP contribution in [0.5, 0.6) is 11.8 Å². The molecule has 5 nitrogen and oxygen atoms in total. The van der Waals surface area contributed by atoms with E-state index < -0.39 is 11.2 Å². The number of benzene rings is 3. The van der Waals surface area contributed by atoms with Crippen LogP contribution in [0.1, 0.15) is 42.9 Å². The van der Waals surface area contributed by atoms with Crippen molar-refractivity contribution in [3.63, 3.8) is 0 Å². The average Bonchev–Trinajstić information content (AvgIpc) is 3.44. The van der Waals surface area contributed by atoms with Gasteiger partial charge in [0.15, 0.2) is 0 Å². The topological polar surface area (TPSA) is 78.4 Å². The van der Waals surface area contributed by atoms with Crippen molar-refractivity contribution >= 4 is 22.5 Å². The molecule has 0 aliphatic carbocycles. The zero-order valence-corrected chi connectivity index (χ0v) is 19.9. The molecule has 0 spiro atoms. The maximum atomic E-state index is 13.2. The highest BCUT2D eigenvalue weighted by Crippen LogP contribution is 2.65. The van der Waals surface area contributed by atoms with Crippen LogP contribution in [0.3, 0.4) is 0 Å². The van der Waals surface area contributed by atoms with Crippen molar-refractivity contribution in [1.29, 1.82) is 5.26 Å². The van der Waals surface area contributed by atoms with Gasteiger partial charge in [0.1, 0.15) is 11.4 Å². The van der Waals surface area contributed by atoms with E-state index in [1.165, 1.54) is 16.7 Å². The van der Waals surface area contributed by atoms with E-state index in [1.54, 1.807) is 36.0 Å². The zero-order chi connectivity index (χ0) is 24.4. The van der Waals surface area contributed by atoms with Crippen molar-refractivity contribution in [1.82, 2.24) is 4.57 Å². The third kappa shape index (κ3) is 3.17. The third-order valence-electron chi connectivity index (χ3n) is 7.38. The van der Waals surface area contributed by atoms with Crippen LogP contribution in [0.15, 0.2) is 65.6 Å². The normalized spacial score (nSPS) is 22.4. The molecule has 6 rings (SSSR count). The number of rotatable bonds is 5. The first-order valence-corrected chi connectivity index (χ1v) is 12.5. The number of aromatic nitrogens is 1. The number of fused-ring (bicyclic) bond motifs is 6. The zero-order valence-electron chi connectivity index (χ0n) is 19.1. The molecule has 2 N–H and O–H groups in total. The molecule has 3 aromatic carbocycles. The van der Waals surface area contributed by atoms with E-state index in [0.29, 0.717) is 34.6 Å². The summed E-state index contributed by atoms with van der Waals surface area (Å²) in [6.45, 7) is 1.97. The Balaban J connectivity index is 1.43. The number of hydrogen-bond acceptors (Lipinski definition) is 5. The number of hydrogen-bond donors (Lipinski definition) is 2. The Kier molecular flexibility index (Phi) is 4.89. The summed E-state index contributed by atoms with van der Waals surface area (Å²) in [7, 11) is 0. The quantitative estimate of drug-likeness (QED) is 0.316. The average molecular weight is 487 g/mol. The molecule has 176 valence electrons. The molecule has 7 heteroatoms. The molecule has 4 aromatic rings. The van der Waals surface area contributed by atoms with Gasteiger partial charge in [0, 0.05) is 21.4 Å². The number of nitriles is 1. The van der Waals surface area contributed by atoms with Crippen LogP contribution >= 0.6 is 11.8 Å². The molecule has 2 atom stereocenters. The summed E-state index contributed by atoms with van der Waals surface area (Å²) in [4.78, 5) is 0.968. The van der Waals surface area contributed by atoms with Gasteiger partial charge in [0.05, 0.1) is 34.0 Å². The minimum absolute atomic E-state index is 0.0253. The predicted molar refractivity (Wildman–Crippen MR) is 132 cm³/mol. The van der Waals surface area contributed by atoms with E-state index in [-0.39, 0.29) is 17.6 Å². The van der Waals surface area contributed by atoms with Crippen LogP contribution in [0.25, 0.3) is 16.5 Å². The van der Waals surface area contributed by atoms with Gasteiger partial charge in [-0.05, 0) is 62.6 Å². The van der Waals surface area contributed by atoms with Crippen molar-refractivity contribution in [2.75, 3.05) is 5.75 Å². The molecule has 1 aromatic heterocycles. The maximum absolute atomic E-state index is 13.2. The lowest BCUT2D eigenvalue weighted by atomic mass is 9.78. The number of ether oxygens (including phenoxy) is 1. The molecule has 1 saturated heterocycles. The molecular formula is C28H23FN2O3S. The smallest absolute Gasteiger partial charge is 0.205 e. The van der Waals surface area contributed by atoms with Gasteiger partial charge in [0.2, 0.25) is 11.8 Å². The Bertz CT molecular complexity index is 1520. The Morgan fingerprint density at radius 2 is 1.71 bits per heavy atom. The van der Waals surface area contributed by atoms with Crippen molar-refractivity contribution in [2.24, 2.45) is 0 Å². The summed E-state index contributed by atoms with van der Waals surface area (Å²) < 4.78 is 21.3. The summed E-state index contributed by atoms with van der Waals surface area (Å²) in [6.07, 6.45) is 2.13. The summed E-state index contributed by atoms with van der Waals surface area (Å²) in [5.74, 6) is 0.400. The van der Waals surface area contributed by atoms with E-state index in [9.17, 15) is 19.9 Å². The van der Waals surface area contributed by atoms with E-state index in [1.807, 2.05) is 31.2 Å². The van der Waals surface area contributed by atoms with Crippen LogP contribution in [0.2, 0.25) is 0 Å². The lowest BCUT2D eigenvalue weighted by Crippen LogP contribution is -2.23. The van der Waals surface area contributed by atoms with Crippen molar-refractivity contribution < 1.29 is 19.3 Å². The summed E-state index contributed by atoms with van der Waals surface area (Å²) in [6, 6.07) is 19.6. The van der Waals surface area contributed by atoms with Crippen LogP contribution < -0.4 is 0 Å². The van der Waals surface area contributed by atoms with Crippen LogP contribution in [0, 0.1) is 17.1 Å². The highest BCUT2D eigenvalue weighted by atomic mass is 32.2. The molecule has 0 saturated carbocycles. The number of thioether (sulfide) groups is 1. The Morgan fingerprint density at radius 3 is 2.46 bits per heavy atom. The highest BCUT2D eigenvalue weighted by Gasteiger charge is 2.61. The van der Waals surface area contributed by atoms with Gasteiger partial charge in [-0.2, -0.15) is 5.26 Å². The fourth-order valence-corrected chi connectivity index (χ4v) is 6.77. The molecule has 0 unspecified atom stereocenters. The SMILES string of the molecule is C[C@]12CC[C@](CCSc3ccc(F)cc3)(O1)c1c2c(O)n(-c2ccc(C#N)c3ccccc23)c1O. The van der Waals surface area contributed by atoms with Gasteiger partial charge in [0.25, 0.3) is 0 Å². The molecule has 3 heterocycles. The van der Waals surface area contributed by atoms with Gasteiger partial charge < -0.3 is 14.9 Å². The molecule has 2 aliphatic heterocycles. The second kappa shape index (κ2) is 7.77. The van der Waals surface area contributed by atoms with E-state index in [4.69, 9.17) is 4.74 Å². The van der Waals surface area contributed by atoms with Crippen molar-refractivity contribution in [2.45, 2.75) is 42.3 Å². The summed E-state index contributed by atoms with van der Waals surface area (Å²) >= 11 is 1.61. The van der Waals surface area contributed by atoms with Gasteiger partial charge >= 0.3 is 0 Å². The predicted octanol–water partition coefficient (Wildman–Crippen LogP) is 6.47. The summed E-state index contributed by atoms with van der Waals surface area (Å²) in [5, 5.41) is 34.0. The second-order valence-corrected chi connectivity index (χ2v) is 10.6. The van der Waals surface area contributed by atoms with Crippen molar-refractivity contribution in [3.05, 3.63) is 83.2 Å². The molecule has 2 bridgehead atoms. The van der Waals surface area contributed by atoms with Crippen LogP contribution in [-0.2, 0) is 15.9 Å². The van der Waals surface area contributed by atoms with E-state index >= 15 is 0 Å². The molecule has 35 heavy (non-hydrogen) atoms. The lowest BCUT2D eigenvalue weighted by Gasteiger charge is -2.26. The minimum atomic E-state index is -0.702. The second-order valence-electron chi connectivity index (χ2n) is 9.40. The fraction of sp³-hybridized carbons (Fsp3) is 0.250. The van der Waals surface area contributed by atoms with Gasteiger partial charge in [-0.3, -0.25) is 4.57 Å². The maximum Gasteiger partial charge on any atom is 0.205 e. The van der Waals surface area contributed by atoms with E-state index in [2.05, 4.69) is 6.07 Å².